The second kappa shape index (κ2) is 5.54. The Morgan fingerprint density at radius 3 is 2.25 bits per heavy atom. The van der Waals surface area contributed by atoms with Crippen molar-refractivity contribution in [1.82, 2.24) is 0 Å². The summed E-state index contributed by atoms with van der Waals surface area (Å²) in [6.45, 7) is 0. The Kier molecular flexibility index (Phi) is 2.45. The van der Waals surface area contributed by atoms with E-state index in [0.717, 1.165) is 0 Å². The van der Waals surface area contributed by atoms with E-state index in [1.54, 1.807) is 0 Å². The molecule has 0 aromatic heterocycles. The molecule has 0 aromatic carbocycles. The van der Waals surface area contributed by atoms with Crippen LogP contribution in [0, 0.1) is 0 Å². The lowest BCUT2D eigenvalue weighted by Crippen LogP contribution is -2.12. The summed E-state index contributed by atoms with van der Waals surface area (Å²) in [7, 11) is 2.51. The van der Waals surface area contributed by atoms with Crippen LogP contribution in [0.25, 0.3) is 0 Å². The summed E-state index contributed by atoms with van der Waals surface area (Å²) < 4.78 is 38.1. The minimum atomic E-state index is -2.24. The summed E-state index contributed by atoms with van der Waals surface area (Å²) >= 11 is 2.58. The zero-order valence-corrected chi connectivity index (χ0v) is 6.36. The number of rotatable bonds is 4. The lowest BCUT2D eigenvalue weighted by atomic mass is 10.5. The number of halogens is 1. The molecule has 0 aliphatic carbocycles. The molecule has 0 radical (unpaired) electrons. The second-order valence-electron chi connectivity index (χ2n) is 1.04. The van der Waals surface area contributed by atoms with Crippen LogP contribution in [0.2, 0.25) is 0 Å². The molecule has 8 heavy (non-hydrogen) atoms. The Labute approximate surface area is 63.9 Å². The van der Waals surface area contributed by atoms with Gasteiger partial charge in [0.15, 0.2) is 6.29 Å². The van der Waals surface area contributed by atoms with Crippen LogP contribution in [-0.4, -0.2) is 25.8 Å². The summed E-state index contributed by atoms with van der Waals surface area (Å²) in [5, 5.41) is -2.18. The SMILES string of the molecule is [2H]C([2H])(Br)C([2H])([2H])C(OC)OC. The first-order valence-corrected chi connectivity index (χ1v) is 2.81. The molecule has 0 heterocycles. The first kappa shape index (κ1) is 3.54. The summed E-state index contributed by atoms with van der Waals surface area (Å²) in [5.74, 6) is 0. The fraction of sp³-hybridized carbons (Fsp3) is 1.00. The van der Waals surface area contributed by atoms with E-state index in [9.17, 15) is 0 Å². The molecule has 0 bridgehead atoms. The first-order chi connectivity index (χ1) is 5.27. The predicted octanol–water partition coefficient (Wildman–Crippen LogP) is 1.39. The molecule has 0 saturated heterocycles. The topological polar surface area (TPSA) is 18.5 Å². The lowest BCUT2D eigenvalue weighted by molar-refractivity contribution is -0.102. The summed E-state index contributed by atoms with van der Waals surface area (Å²) in [6.07, 6.45) is -3.47. The Morgan fingerprint density at radius 1 is 1.62 bits per heavy atom. The Balaban J connectivity index is 4.57. The van der Waals surface area contributed by atoms with E-state index in [4.69, 9.17) is 5.48 Å². The third-order valence-corrected chi connectivity index (χ3v) is 0.829. The average molecular weight is 187 g/mol. The summed E-state index contributed by atoms with van der Waals surface area (Å²) in [6, 6.07) is 0. The van der Waals surface area contributed by atoms with Gasteiger partial charge in [0.1, 0.15) is 0 Å². The van der Waals surface area contributed by atoms with Crippen molar-refractivity contribution in [3.63, 3.8) is 0 Å². The second-order valence-corrected chi connectivity index (χ2v) is 1.44. The van der Waals surface area contributed by atoms with Gasteiger partial charge in [-0.05, 0) is 0 Å². The van der Waals surface area contributed by atoms with E-state index in [1.165, 1.54) is 14.2 Å². The zero-order chi connectivity index (χ0) is 9.99. The molecule has 0 aliphatic rings. The summed E-state index contributed by atoms with van der Waals surface area (Å²) in [5.41, 5.74) is 0. The molecule has 0 spiro atoms. The van der Waals surface area contributed by atoms with Crippen LogP contribution in [-0.2, 0) is 9.47 Å². The van der Waals surface area contributed by atoms with Gasteiger partial charge in [0.25, 0.3) is 0 Å². The van der Waals surface area contributed by atoms with E-state index in [-0.39, 0.29) is 0 Å². The van der Waals surface area contributed by atoms with Gasteiger partial charge in [-0.25, -0.2) is 0 Å². The van der Waals surface area contributed by atoms with Crippen molar-refractivity contribution in [2.75, 3.05) is 19.5 Å². The monoisotopic (exact) mass is 186 g/mol. The largest absolute Gasteiger partial charge is 0.356 e. The van der Waals surface area contributed by atoms with Crippen molar-refractivity contribution < 1.29 is 15.0 Å². The zero-order valence-electron chi connectivity index (χ0n) is 8.77. The maximum absolute atomic E-state index is 7.33. The van der Waals surface area contributed by atoms with Gasteiger partial charge in [0.05, 0.1) is 0 Å². The van der Waals surface area contributed by atoms with Crippen LogP contribution in [0.4, 0.5) is 0 Å². The highest BCUT2D eigenvalue weighted by Gasteiger charge is 2.00. The third kappa shape index (κ3) is 3.41. The van der Waals surface area contributed by atoms with Gasteiger partial charge in [-0.1, -0.05) is 15.9 Å². The van der Waals surface area contributed by atoms with Crippen molar-refractivity contribution in [2.45, 2.75) is 12.7 Å². The smallest absolute Gasteiger partial charge is 0.157 e. The molecule has 50 valence electrons. The van der Waals surface area contributed by atoms with Crippen molar-refractivity contribution in [3.05, 3.63) is 0 Å². The van der Waals surface area contributed by atoms with E-state index in [0.29, 0.717) is 0 Å². The van der Waals surface area contributed by atoms with Gasteiger partial charge < -0.3 is 9.47 Å². The lowest BCUT2D eigenvalue weighted by Gasteiger charge is -2.09. The van der Waals surface area contributed by atoms with E-state index in [2.05, 4.69) is 25.4 Å². The molecule has 0 rings (SSSR count). The Morgan fingerprint density at radius 2 is 2.12 bits per heavy atom. The minimum absolute atomic E-state index is 1.23. The Bertz CT molecular complexity index is 143. The van der Waals surface area contributed by atoms with Crippen molar-refractivity contribution in [2.24, 2.45) is 0 Å². The predicted molar refractivity (Wildman–Crippen MR) is 36.2 cm³/mol. The quantitative estimate of drug-likeness (QED) is 0.489. The van der Waals surface area contributed by atoms with Gasteiger partial charge in [-0.15, -0.1) is 0 Å². The highest BCUT2D eigenvalue weighted by atomic mass is 79.9. The highest BCUT2D eigenvalue weighted by molar-refractivity contribution is 9.09. The molecular formula is C5H11BrO2. The van der Waals surface area contributed by atoms with Gasteiger partial charge in [-0.2, -0.15) is 0 Å². The Hall–Kier alpha value is 0.400. The highest BCUT2D eigenvalue weighted by Crippen LogP contribution is 1.99. The molecule has 0 amide bonds. The fourth-order valence-electron chi connectivity index (χ4n) is 0.259. The number of alkyl halides is 1. The number of methoxy groups -OCH3 is 2. The molecule has 0 atom stereocenters. The normalized spacial score (nSPS) is 21.5. The van der Waals surface area contributed by atoms with Gasteiger partial charge in [0.2, 0.25) is 0 Å². The molecule has 0 fully saturated rings. The standard InChI is InChI=1S/C5H11BrO2/c1-7-5(8-2)3-4-6/h5H,3-4H2,1-2H3/i3D2,4D2. The number of hydrogen-bond acceptors (Lipinski definition) is 2. The fourth-order valence-corrected chi connectivity index (χ4v) is 0.446. The van der Waals surface area contributed by atoms with E-state index in [1.807, 2.05) is 0 Å². The van der Waals surface area contributed by atoms with Crippen LogP contribution in [0.5, 0.6) is 0 Å². The molecule has 0 N–H and O–H groups in total. The van der Waals surface area contributed by atoms with Crippen LogP contribution < -0.4 is 0 Å². The number of hydrogen-bond donors (Lipinski definition) is 0. The maximum Gasteiger partial charge on any atom is 0.157 e. The van der Waals surface area contributed by atoms with Crippen LogP contribution in [0.15, 0.2) is 0 Å². The van der Waals surface area contributed by atoms with E-state index >= 15 is 0 Å². The van der Waals surface area contributed by atoms with E-state index < -0.39 is 17.9 Å². The van der Waals surface area contributed by atoms with Crippen molar-refractivity contribution in [1.29, 1.82) is 0 Å². The summed E-state index contributed by atoms with van der Waals surface area (Å²) in [4.78, 5) is 0. The molecule has 0 aliphatic heterocycles. The molecule has 0 saturated carbocycles. The molecular weight excluding hydrogens is 172 g/mol. The molecule has 0 aromatic rings. The maximum atomic E-state index is 7.33. The van der Waals surface area contributed by atoms with Gasteiger partial charge in [0, 0.05) is 31.4 Å². The van der Waals surface area contributed by atoms with Crippen LogP contribution >= 0.6 is 15.9 Å². The average Bonchev–Trinajstić information content (AvgIpc) is 1.87. The van der Waals surface area contributed by atoms with Crippen molar-refractivity contribution in [3.8, 4) is 0 Å². The molecule has 3 heteroatoms. The van der Waals surface area contributed by atoms with Gasteiger partial charge in [-0.3, -0.25) is 0 Å². The van der Waals surface area contributed by atoms with Crippen LogP contribution in [0.3, 0.4) is 0 Å². The van der Waals surface area contributed by atoms with Crippen molar-refractivity contribution >= 4 is 15.9 Å². The minimum Gasteiger partial charge on any atom is -0.356 e. The molecule has 2 nitrogen and oxygen atoms in total. The first-order valence-electron chi connectivity index (χ1n) is 4.02. The van der Waals surface area contributed by atoms with Crippen LogP contribution in [0.1, 0.15) is 11.9 Å². The van der Waals surface area contributed by atoms with Gasteiger partial charge >= 0.3 is 0 Å². The molecule has 0 unspecified atom stereocenters. The number of ether oxygens (including phenoxy) is 2. The third-order valence-electron chi connectivity index (χ3n) is 0.601.